The molecule has 0 aliphatic heterocycles. The molecule has 9 heteroatoms. The molecular formula is C23H32N4O5. The molecule has 1 heterocycles. The first-order valence-electron chi connectivity index (χ1n) is 10.5. The molecule has 0 fully saturated rings. The van der Waals surface area contributed by atoms with E-state index in [0.29, 0.717) is 12.1 Å². The predicted molar refractivity (Wildman–Crippen MR) is 120 cm³/mol. The number of rotatable bonds is 13. The third-order valence-corrected chi connectivity index (χ3v) is 5.01. The fraction of sp³-hybridized carbons (Fsp3) is 0.478. The molecule has 0 bridgehead atoms. The highest BCUT2D eigenvalue weighted by molar-refractivity contribution is 5.71. The minimum Gasteiger partial charge on any atom is -0.469 e. The number of esters is 1. The summed E-state index contributed by atoms with van der Waals surface area (Å²) < 4.78 is 11.7. The molecule has 32 heavy (non-hydrogen) atoms. The summed E-state index contributed by atoms with van der Waals surface area (Å²) >= 11 is 0. The van der Waals surface area contributed by atoms with Crippen LogP contribution in [0, 0.1) is 5.92 Å². The number of oxime groups is 1. The molecule has 4 atom stereocenters. The zero-order chi connectivity index (χ0) is 23.3. The van der Waals surface area contributed by atoms with Crippen LogP contribution in [0.1, 0.15) is 43.7 Å². The quantitative estimate of drug-likeness (QED) is 0.219. The monoisotopic (exact) mass is 444 g/mol. The Balaban J connectivity index is 1.91. The van der Waals surface area contributed by atoms with E-state index in [1.807, 2.05) is 50.3 Å². The van der Waals surface area contributed by atoms with Gasteiger partial charge in [0.25, 0.3) is 0 Å². The van der Waals surface area contributed by atoms with E-state index in [4.69, 9.17) is 9.57 Å². The van der Waals surface area contributed by atoms with Crippen LogP contribution >= 0.6 is 0 Å². The van der Waals surface area contributed by atoms with Gasteiger partial charge in [0.05, 0.1) is 38.6 Å². The molecule has 9 nitrogen and oxygen atoms in total. The first-order valence-corrected chi connectivity index (χ1v) is 10.5. The van der Waals surface area contributed by atoms with Crippen LogP contribution in [-0.4, -0.2) is 59.2 Å². The number of aromatic nitrogens is 3. The zero-order valence-electron chi connectivity index (χ0n) is 19.0. The van der Waals surface area contributed by atoms with Crippen molar-refractivity contribution in [2.75, 3.05) is 20.8 Å². The molecule has 2 aromatic rings. The van der Waals surface area contributed by atoms with Crippen molar-refractivity contribution >= 4 is 12.2 Å². The number of methoxy groups -OCH3 is 2. The van der Waals surface area contributed by atoms with E-state index < -0.39 is 6.10 Å². The fourth-order valence-electron chi connectivity index (χ4n) is 3.01. The highest BCUT2D eigenvalue weighted by Gasteiger charge is 2.17. The molecule has 0 aliphatic carbocycles. The van der Waals surface area contributed by atoms with Crippen molar-refractivity contribution in [3.63, 3.8) is 0 Å². The second kappa shape index (κ2) is 13.4. The maximum Gasteiger partial charge on any atom is 0.309 e. The van der Waals surface area contributed by atoms with E-state index >= 15 is 0 Å². The van der Waals surface area contributed by atoms with Crippen molar-refractivity contribution in [3.05, 3.63) is 59.9 Å². The molecule has 0 unspecified atom stereocenters. The van der Waals surface area contributed by atoms with E-state index in [1.54, 1.807) is 30.3 Å². The van der Waals surface area contributed by atoms with Crippen LogP contribution in [-0.2, 0) is 25.5 Å². The number of aliphatic hydroxyl groups is 1. The summed E-state index contributed by atoms with van der Waals surface area (Å²) in [4.78, 5) is 16.7. The average Bonchev–Trinajstić information content (AvgIpc) is 3.30. The lowest BCUT2D eigenvalue weighted by molar-refractivity contribution is -0.139. The Morgan fingerprint density at radius 2 is 2.00 bits per heavy atom. The van der Waals surface area contributed by atoms with Gasteiger partial charge in [0.2, 0.25) is 0 Å². The molecular weight excluding hydrogens is 412 g/mol. The highest BCUT2D eigenvalue weighted by atomic mass is 16.6. The average molecular weight is 445 g/mol. The molecule has 174 valence electrons. The lowest BCUT2D eigenvalue weighted by Crippen LogP contribution is -2.20. The molecule has 0 spiro atoms. The van der Waals surface area contributed by atoms with Crippen LogP contribution in [0.25, 0.3) is 0 Å². The SMILES string of the molecule is COC(=O)CC=C[C@@H](C)[C@@H](C=NO[C@H](C)c1cn([C@H](CO)Cc2ccccc2)nn1)OC. The fourth-order valence-corrected chi connectivity index (χ4v) is 3.01. The van der Waals surface area contributed by atoms with E-state index in [1.165, 1.54) is 7.11 Å². The molecule has 2 rings (SSSR count). The van der Waals surface area contributed by atoms with Gasteiger partial charge >= 0.3 is 5.97 Å². The van der Waals surface area contributed by atoms with Crippen molar-refractivity contribution in [3.8, 4) is 0 Å². The van der Waals surface area contributed by atoms with Gasteiger partial charge in [-0.1, -0.05) is 59.8 Å². The topological polar surface area (TPSA) is 108 Å². The Morgan fingerprint density at radius 3 is 2.66 bits per heavy atom. The summed E-state index contributed by atoms with van der Waals surface area (Å²) in [6.07, 6.45) is 7.03. The molecule has 1 aromatic carbocycles. The number of hydrogen-bond acceptors (Lipinski definition) is 8. The van der Waals surface area contributed by atoms with E-state index in [2.05, 4.69) is 20.2 Å². The Labute approximate surface area is 188 Å². The van der Waals surface area contributed by atoms with Crippen LogP contribution in [0.3, 0.4) is 0 Å². The molecule has 0 radical (unpaired) electrons. The van der Waals surface area contributed by atoms with Gasteiger partial charge in [-0.2, -0.15) is 0 Å². The molecule has 0 amide bonds. The third kappa shape index (κ3) is 7.90. The Morgan fingerprint density at radius 1 is 1.25 bits per heavy atom. The minimum absolute atomic E-state index is 0.0171. The number of aliphatic hydroxyl groups excluding tert-OH is 1. The van der Waals surface area contributed by atoms with Crippen LogP contribution in [0.5, 0.6) is 0 Å². The largest absolute Gasteiger partial charge is 0.469 e. The van der Waals surface area contributed by atoms with Gasteiger partial charge in [0.1, 0.15) is 11.8 Å². The van der Waals surface area contributed by atoms with Crippen LogP contribution in [0.15, 0.2) is 53.8 Å². The number of benzene rings is 1. The Kier molecular flexibility index (Phi) is 10.6. The summed E-state index contributed by atoms with van der Waals surface area (Å²) in [6, 6.07) is 9.70. The van der Waals surface area contributed by atoms with Gasteiger partial charge in [0, 0.05) is 13.0 Å². The lowest BCUT2D eigenvalue weighted by Gasteiger charge is -2.15. The second-order valence-electron chi connectivity index (χ2n) is 7.42. The van der Waals surface area contributed by atoms with Crippen LogP contribution < -0.4 is 0 Å². The summed E-state index contributed by atoms with van der Waals surface area (Å²) in [6.45, 7) is 3.71. The number of carbonyl (C=O) groups excluding carboxylic acids is 1. The first kappa shape index (κ1) is 25.2. The number of ether oxygens (including phenoxy) is 2. The van der Waals surface area contributed by atoms with Crippen molar-refractivity contribution in [1.82, 2.24) is 15.0 Å². The van der Waals surface area contributed by atoms with E-state index in [0.717, 1.165) is 5.56 Å². The molecule has 1 aromatic heterocycles. The molecule has 0 aliphatic rings. The molecule has 0 saturated heterocycles. The van der Waals surface area contributed by atoms with Crippen LogP contribution in [0.4, 0.5) is 0 Å². The number of nitrogens with zero attached hydrogens (tertiary/aromatic N) is 4. The Bertz CT molecular complexity index is 868. The highest BCUT2D eigenvalue weighted by Crippen LogP contribution is 2.18. The van der Waals surface area contributed by atoms with Gasteiger partial charge in [-0.25, -0.2) is 4.68 Å². The van der Waals surface area contributed by atoms with E-state index in [-0.39, 0.29) is 37.1 Å². The van der Waals surface area contributed by atoms with Gasteiger partial charge in [-0.05, 0) is 18.9 Å². The van der Waals surface area contributed by atoms with Gasteiger partial charge in [0.15, 0.2) is 6.10 Å². The zero-order valence-corrected chi connectivity index (χ0v) is 19.0. The summed E-state index contributed by atoms with van der Waals surface area (Å²) in [5.41, 5.74) is 1.71. The third-order valence-electron chi connectivity index (χ3n) is 5.01. The van der Waals surface area contributed by atoms with Gasteiger partial charge in [-0.3, -0.25) is 4.79 Å². The molecule has 1 N–H and O–H groups in total. The smallest absolute Gasteiger partial charge is 0.309 e. The minimum atomic E-state index is -0.432. The number of carbonyl (C=O) groups is 1. The van der Waals surface area contributed by atoms with Crippen molar-refractivity contribution in [1.29, 1.82) is 0 Å². The predicted octanol–water partition coefficient (Wildman–Crippen LogP) is 2.89. The molecule has 0 saturated carbocycles. The Hall–Kier alpha value is -3.04. The van der Waals surface area contributed by atoms with Crippen LogP contribution in [0.2, 0.25) is 0 Å². The van der Waals surface area contributed by atoms with Crippen molar-refractivity contribution < 1.29 is 24.2 Å². The standard InChI is InChI=1S/C23H32N4O5/c1-17(9-8-12-23(29)31-4)22(30-3)14-24-32-18(2)21-15-27(26-25-21)20(16-28)13-19-10-6-5-7-11-19/h5-11,14-15,17-18,20,22,28H,12-13,16H2,1-4H3/t17-,18-,20+,22-/m1/s1. The van der Waals surface area contributed by atoms with E-state index in [9.17, 15) is 9.90 Å². The normalized spacial score (nSPS) is 15.5. The summed E-state index contributed by atoms with van der Waals surface area (Å²) in [5, 5.41) is 22.1. The summed E-state index contributed by atoms with van der Waals surface area (Å²) in [5.74, 6) is -0.315. The lowest BCUT2D eigenvalue weighted by atomic mass is 10.0. The van der Waals surface area contributed by atoms with Crippen molar-refractivity contribution in [2.45, 2.75) is 44.9 Å². The first-order chi connectivity index (χ1) is 15.5. The summed E-state index contributed by atoms with van der Waals surface area (Å²) in [7, 11) is 2.94. The second-order valence-corrected chi connectivity index (χ2v) is 7.42. The maximum atomic E-state index is 11.2. The van der Waals surface area contributed by atoms with Gasteiger partial charge in [-0.15, -0.1) is 5.10 Å². The van der Waals surface area contributed by atoms with Crippen molar-refractivity contribution in [2.24, 2.45) is 11.1 Å². The maximum absolute atomic E-state index is 11.2. The van der Waals surface area contributed by atoms with Gasteiger partial charge < -0.3 is 19.4 Å². The number of hydrogen-bond donors (Lipinski definition) is 1.